The van der Waals surface area contributed by atoms with Gasteiger partial charge in [-0.1, -0.05) is 20.3 Å². The summed E-state index contributed by atoms with van der Waals surface area (Å²) in [6.07, 6.45) is 1.17. The summed E-state index contributed by atoms with van der Waals surface area (Å²) < 4.78 is 4.30. The second kappa shape index (κ2) is 5.88. The highest BCUT2D eigenvalue weighted by atomic mass is 32.1. The number of aryl methyl sites for hydroxylation is 1. The van der Waals surface area contributed by atoms with Crippen LogP contribution in [0.3, 0.4) is 0 Å². The maximum absolute atomic E-state index is 6.02. The van der Waals surface area contributed by atoms with Crippen LogP contribution in [0.4, 0.5) is 10.8 Å². The number of aromatic nitrogens is 2. The predicted octanol–water partition coefficient (Wildman–Crippen LogP) is 3.64. The third-order valence-corrected chi connectivity index (χ3v) is 4.96. The minimum absolute atomic E-state index is 0.585. The van der Waals surface area contributed by atoms with E-state index in [1.54, 1.807) is 11.3 Å². The highest BCUT2D eigenvalue weighted by molar-refractivity contribution is 7.11. The molecule has 0 amide bonds. The van der Waals surface area contributed by atoms with Crippen LogP contribution in [-0.4, -0.2) is 22.9 Å². The minimum atomic E-state index is 0.585. The van der Waals surface area contributed by atoms with Crippen molar-refractivity contribution in [2.24, 2.45) is 5.92 Å². The van der Waals surface area contributed by atoms with Crippen LogP contribution < -0.4 is 10.6 Å². The summed E-state index contributed by atoms with van der Waals surface area (Å²) >= 11 is 3.10. The Bertz CT molecular complexity index is 547. The van der Waals surface area contributed by atoms with Gasteiger partial charge in [0.15, 0.2) is 0 Å². The van der Waals surface area contributed by atoms with Gasteiger partial charge < -0.3 is 10.6 Å². The van der Waals surface area contributed by atoms with Crippen LogP contribution >= 0.6 is 22.9 Å². The van der Waals surface area contributed by atoms with Crippen LogP contribution in [0, 0.1) is 12.8 Å². The first-order valence-corrected chi connectivity index (χ1v) is 8.07. The molecule has 0 aliphatic rings. The zero-order chi connectivity index (χ0) is 14.0. The van der Waals surface area contributed by atoms with Crippen LogP contribution in [-0.2, 0) is 0 Å². The summed E-state index contributed by atoms with van der Waals surface area (Å²) in [5.74, 6) is 1.24. The predicted molar refractivity (Wildman–Crippen MR) is 85.1 cm³/mol. The van der Waals surface area contributed by atoms with E-state index < -0.39 is 0 Å². The summed E-state index contributed by atoms with van der Waals surface area (Å²) in [5, 5.41) is 4.22. The van der Waals surface area contributed by atoms with E-state index in [9.17, 15) is 0 Å². The lowest BCUT2D eigenvalue weighted by Crippen LogP contribution is -2.23. The number of nitrogens with zero attached hydrogens (tertiary/aromatic N) is 3. The Labute approximate surface area is 122 Å². The molecule has 1 unspecified atom stereocenters. The summed E-state index contributed by atoms with van der Waals surface area (Å²) in [6, 6.07) is 0. The van der Waals surface area contributed by atoms with Crippen molar-refractivity contribution in [3.05, 3.63) is 10.4 Å². The van der Waals surface area contributed by atoms with Crippen molar-refractivity contribution in [1.82, 2.24) is 9.36 Å². The minimum Gasteiger partial charge on any atom is -0.382 e. The zero-order valence-electron chi connectivity index (χ0n) is 11.8. The number of nitrogens with two attached hydrogens (primary N) is 1. The van der Waals surface area contributed by atoms with Gasteiger partial charge in [-0.05, 0) is 24.4 Å². The Morgan fingerprint density at radius 1 is 1.47 bits per heavy atom. The first kappa shape index (κ1) is 14.3. The fourth-order valence-electron chi connectivity index (χ4n) is 1.95. The molecule has 0 aliphatic carbocycles. The van der Waals surface area contributed by atoms with Crippen molar-refractivity contribution in [2.45, 2.75) is 27.2 Å². The van der Waals surface area contributed by atoms with E-state index >= 15 is 0 Å². The van der Waals surface area contributed by atoms with Crippen LogP contribution in [0.5, 0.6) is 0 Å². The lowest BCUT2D eigenvalue weighted by atomic mass is 10.1. The van der Waals surface area contributed by atoms with Gasteiger partial charge >= 0.3 is 0 Å². The molecule has 2 aromatic heterocycles. The van der Waals surface area contributed by atoms with Crippen molar-refractivity contribution in [1.29, 1.82) is 0 Å². The zero-order valence-corrected chi connectivity index (χ0v) is 13.4. The third-order valence-electron chi connectivity index (χ3n) is 3.20. The number of rotatable bonds is 5. The average Bonchev–Trinajstić information content (AvgIpc) is 2.95. The molecule has 2 N–H and O–H groups in total. The molecule has 2 rings (SSSR count). The van der Waals surface area contributed by atoms with Gasteiger partial charge in [-0.3, -0.25) is 0 Å². The normalized spacial score (nSPS) is 12.6. The highest BCUT2D eigenvalue weighted by Crippen LogP contribution is 2.39. The Kier molecular flexibility index (Phi) is 4.42. The van der Waals surface area contributed by atoms with E-state index in [2.05, 4.69) is 40.5 Å². The average molecular weight is 296 g/mol. The lowest BCUT2D eigenvalue weighted by Gasteiger charge is -2.21. The molecular weight excluding hydrogens is 276 g/mol. The van der Waals surface area contributed by atoms with Crippen LogP contribution in [0.1, 0.15) is 25.3 Å². The lowest BCUT2D eigenvalue weighted by molar-refractivity contribution is 0.561. The van der Waals surface area contributed by atoms with Crippen molar-refractivity contribution in [2.75, 3.05) is 24.2 Å². The molecule has 0 radical (unpaired) electrons. The molecule has 2 aromatic rings. The second-order valence-electron chi connectivity index (χ2n) is 4.89. The fourth-order valence-corrected chi connectivity index (χ4v) is 3.35. The fraction of sp³-hybridized carbons (Fsp3) is 0.538. The smallest absolute Gasteiger partial charge is 0.148 e. The number of hydrogen-bond donors (Lipinski definition) is 1. The quantitative estimate of drug-likeness (QED) is 0.915. The number of hydrogen-bond acceptors (Lipinski definition) is 6. The summed E-state index contributed by atoms with van der Waals surface area (Å²) in [7, 11) is 2.10. The monoisotopic (exact) mass is 296 g/mol. The van der Waals surface area contributed by atoms with Crippen LogP contribution in [0.15, 0.2) is 5.38 Å². The number of nitrogen functional groups attached to an aromatic ring is 1. The van der Waals surface area contributed by atoms with Crippen molar-refractivity contribution < 1.29 is 0 Å². The van der Waals surface area contributed by atoms with Gasteiger partial charge in [0.2, 0.25) is 0 Å². The van der Waals surface area contributed by atoms with Crippen molar-refractivity contribution >= 4 is 33.7 Å². The molecule has 6 heteroatoms. The van der Waals surface area contributed by atoms with Gasteiger partial charge in [0.25, 0.3) is 0 Å². The first-order chi connectivity index (χ1) is 9.02. The Balaban J connectivity index is 2.32. The summed E-state index contributed by atoms with van der Waals surface area (Å²) in [5.41, 5.74) is 7.95. The summed E-state index contributed by atoms with van der Waals surface area (Å²) in [4.78, 5) is 6.78. The van der Waals surface area contributed by atoms with Gasteiger partial charge in [-0.15, -0.1) is 11.3 Å². The molecule has 0 aliphatic heterocycles. The number of anilines is 2. The van der Waals surface area contributed by atoms with Gasteiger partial charge in [0.1, 0.15) is 10.8 Å². The molecule has 0 spiro atoms. The largest absolute Gasteiger partial charge is 0.382 e. The van der Waals surface area contributed by atoms with E-state index in [0.29, 0.717) is 11.7 Å². The Morgan fingerprint density at radius 3 is 2.79 bits per heavy atom. The molecule has 104 valence electrons. The van der Waals surface area contributed by atoms with E-state index in [-0.39, 0.29) is 0 Å². The topological polar surface area (TPSA) is 55.0 Å². The molecule has 0 bridgehead atoms. The Hall–Kier alpha value is -1.14. The highest BCUT2D eigenvalue weighted by Gasteiger charge is 2.19. The van der Waals surface area contributed by atoms with Crippen molar-refractivity contribution in [3.63, 3.8) is 0 Å². The van der Waals surface area contributed by atoms with E-state index in [4.69, 9.17) is 5.73 Å². The van der Waals surface area contributed by atoms with Crippen molar-refractivity contribution in [3.8, 4) is 11.3 Å². The molecule has 19 heavy (non-hydrogen) atoms. The second-order valence-corrected chi connectivity index (χ2v) is 6.71. The molecule has 0 fully saturated rings. The van der Waals surface area contributed by atoms with Gasteiger partial charge in [0.05, 0.1) is 16.3 Å². The van der Waals surface area contributed by atoms with Gasteiger partial charge in [0, 0.05) is 19.0 Å². The van der Waals surface area contributed by atoms with Crippen LogP contribution in [0.25, 0.3) is 11.3 Å². The molecule has 2 heterocycles. The standard InChI is InChI=1S/C13H20N4S2/c1-5-8(2)6-17(4)13-11(12(14)16-19-13)10-7-18-9(3)15-10/h7-8H,5-6H2,1-4H3,(H2,14,16). The third kappa shape index (κ3) is 3.06. The van der Waals surface area contributed by atoms with E-state index in [1.165, 1.54) is 18.0 Å². The van der Waals surface area contributed by atoms with Gasteiger partial charge in [-0.2, -0.15) is 4.37 Å². The summed E-state index contributed by atoms with van der Waals surface area (Å²) in [6.45, 7) is 7.48. The molecule has 4 nitrogen and oxygen atoms in total. The first-order valence-electron chi connectivity index (χ1n) is 6.41. The van der Waals surface area contributed by atoms with Gasteiger partial charge in [-0.25, -0.2) is 4.98 Å². The van der Waals surface area contributed by atoms with Crippen LogP contribution in [0.2, 0.25) is 0 Å². The van der Waals surface area contributed by atoms with E-state index in [1.807, 2.05) is 6.92 Å². The molecule has 0 saturated carbocycles. The molecule has 1 atom stereocenters. The maximum atomic E-state index is 6.02. The SMILES string of the molecule is CCC(C)CN(C)c1snc(N)c1-c1csc(C)n1. The molecule has 0 aromatic carbocycles. The Morgan fingerprint density at radius 2 is 2.21 bits per heavy atom. The maximum Gasteiger partial charge on any atom is 0.148 e. The van der Waals surface area contributed by atoms with E-state index in [0.717, 1.165) is 27.8 Å². The molecule has 0 saturated heterocycles. The number of thiazole rings is 1. The molecular formula is C13H20N4S2.